The first-order valence-corrected chi connectivity index (χ1v) is 16.9. The molecular formula is C42H39N3OS. The highest BCUT2D eigenvalue weighted by molar-refractivity contribution is 7.99. The summed E-state index contributed by atoms with van der Waals surface area (Å²) >= 11 is 1.65. The summed E-state index contributed by atoms with van der Waals surface area (Å²) < 4.78 is 2.12. The summed E-state index contributed by atoms with van der Waals surface area (Å²) in [6.07, 6.45) is 1.83. The molecule has 0 aliphatic carbocycles. The van der Waals surface area contributed by atoms with E-state index in [0.29, 0.717) is 5.69 Å². The quantitative estimate of drug-likeness (QED) is 0.205. The van der Waals surface area contributed by atoms with Crippen molar-refractivity contribution in [3.05, 3.63) is 133 Å². The Hall–Kier alpha value is -4.87. The number of nitrogens with zero attached hydrogens (tertiary/aromatic N) is 3. The molecule has 0 fully saturated rings. The van der Waals surface area contributed by atoms with Gasteiger partial charge in [0.25, 0.3) is 0 Å². The molecule has 234 valence electrons. The fraction of sp³-hybridized carbons (Fsp3) is 0.190. The Morgan fingerprint density at radius 3 is 2.06 bits per heavy atom. The highest BCUT2D eigenvalue weighted by Gasteiger charge is 2.26. The molecule has 7 rings (SSSR count). The van der Waals surface area contributed by atoms with Crippen LogP contribution in [0.5, 0.6) is 5.75 Å². The van der Waals surface area contributed by atoms with E-state index in [-0.39, 0.29) is 16.6 Å². The van der Waals surface area contributed by atoms with Crippen LogP contribution in [0, 0.1) is 0 Å². The number of hydrogen-bond acceptors (Lipinski definition) is 4. The molecule has 5 heteroatoms. The van der Waals surface area contributed by atoms with Gasteiger partial charge >= 0.3 is 0 Å². The molecule has 0 spiro atoms. The van der Waals surface area contributed by atoms with E-state index in [9.17, 15) is 5.11 Å². The highest BCUT2D eigenvalue weighted by Crippen LogP contribution is 2.43. The van der Waals surface area contributed by atoms with Gasteiger partial charge in [-0.3, -0.25) is 4.57 Å². The van der Waals surface area contributed by atoms with Crippen LogP contribution in [-0.2, 0) is 10.8 Å². The fourth-order valence-corrected chi connectivity index (χ4v) is 7.08. The zero-order valence-corrected chi connectivity index (χ0v) is 28.6. The van der Waals surface area contributed by atoms with Gasteiger partial charge in [0.15, 0.2) is 0 Å². The molecule has 0 atom stereocenters. The van der Waals surface area contributed by atoms with Crippen molar-refractivity contribution in [2.24, 2.45) is 0 Å². The van der Waals surface area contributed by atoms with Gasteiger partial charge < -0.3 is 5.11 Å². The molecule has 0 saturated heterocycles. The summed E-state index contributed by atoms with van der Waals surface area (Å²) in [5, 5.41) is 14.3. The summed E-state index contributed by atoms with van der Waals surface area (Å²) in [6.45, 7) is 13.5. The van der Waals surface area contributed by atoms with Gasteiger partial charge in [0.1, 0.15) is 16.4 Å². The third kappa shape index (κ3) is 5.92. The third-order valence-electron chi connectivity index (χ3n) is 8.69. The second kappa shape index (κ2) is 11.7. The van der Waals surface area contributed by atoms with Crippen molar-refractivity contribution in [3.63, 3.8) is 0 Å². The number of phenolic OH excluding ortho intramolecular Hbond substituents is 1. The maximum atomic E-state index is 11.1. The van der Waals surface area contributed by atoms with Crippen molar-refractivity contribution in [1.29, 1.82) is 0 Å². The SMILES string of the molecule is CC(C)(C)c1ccc2c(c1)c1cc(C(C)(C)C)c(-c3cc(Sc4ccccn4)cc(-c4ccccc4)c3)nc1n2-c1ccccc1O. The molecule has 0 aliphatic rings. The zero-order chi connectivity index (χ0) is 32.9. The van der Waals surface area contributed by atoms with E-state index in [1.165, 1.54) is 11.1 Å². The van der Waals surface area contributed by atoms with Crippen LogP contribution in [0.4, 0.5) is 0 Å². The first-order chi connectivity index (χ1) is 22.5. The largest absolute Gasteiger partial charge is 0.506 e. The predicted octanol–water partition coefficient (Wildman–Crippen LogP) is 11.4. The van der Waals surface area contributed by atoms with Crippen molar-refractivity contribution in [1.82, 2.24) is 14.5 Å². The summed E-state index contributed by atoms with van der Waals surface area (Å²) in [4.78, 5) is 11.3. The topological polar surface area (TPSA) is 50.9 Å². The van der Waals surface area contributed by atoms with Crippen molar-refractivity contribution >= 4 is 33.7 Å². The van der Waals surface area contributed by atoms with Crippen LogP contribution in [-0.4, -0.2) is 19.6 Å². The van der Waals surface area contributed by atoms with Crippen LogP contribution in [0.3, 0.4) is 0 Å². The predicted molar refractivity (Wildman–Crippen MR) is 197 cm³/mol. The lowest BCUT2D eigenvalue weighted by atomic mass is 9.83. The van der Waals surface area contributed by atoms with E-state index >= 15 is 0 Å². The number of aromatic hydroxyl groups is 1. The molecule has 3 heterocycles. The smallest absolute Gasteiger partial charge is 0.146 e. The molecule has 3 aromatic heterocycles. The van der Waals surface area contributed by atoms with Crippen LogP contribution in [0.25, 0.3) is 50.0 Å². The maximum Gasteiger partial charge on any atom is 0.146 e. The van der Waals surface area contributed by atoms with E-state index in [1.807, 2.05) is 48.7 Å². The second-order valence-corrected chi connectivity index (χ2v) is 15.3. The number of para-hydroxylation sites is 2. The number of fused-ring (bicyclic) bond motifs is 3. The van der Waals surface area contributed by atoms with Crippen LogP contribution < -0.4 is 0 Å². The van der Waals surface area contributed by atoms with Crippen LogP contribution in [0.15, 0.2) is 131 Å². The van der Waals surface area contributed by atoms with Gasteiger partial charge in [0.2, 0.25) is 0 Å². The number of pyridine rings is 2. The summed E-state index contributed by atoms with van der Waals surface area (Å²) in [5.41, 5.74) is 9.01. The van der Waals surface area contributed by atoms with Crippen molar-refractivity contribution in [3.8, 4) is 33.8 Å². The van der Waals surface area contributed by atoms with Crippen molar-refractivity contribution in [2.45, 2.75) is 62.3 Å². The minimum Gasteiger partial charge on any atom is -0.506 e. The van der Waals surface area contributed by atoms with E-state index in [4.69, 9.17) is 4.98 Å². The molecule has 1 N–H and O–H groups in total. The van der Waals surface area contributed by atoms with Gasteiger partial charge in [0.05, 0.1) is 16.9 Å². The normalized spacial score (nSPS) is 12.2. The highest BCUT2D eigenvalue weighted by atomic mass is 32.2. The number of phenols is 1. The van der Waals surface area contributed by atoms with Gasteiger partial charge in [-0.15, -0.1) is 0 Å². The Kier molecular flexibility index (Phi) is 7.68. The van der Waals surface area contributed by atoms with Gasteiger partial charge in [-0.25, -0.2) is 9.97 Å². The molecule has 7 aromatic rings. The Morgan fingerprint density at radius 1 is 0.638 bits per heavy atom. The van der Waals surface area contributed by atoms with Gasteiger partial charge in [-0.2, -0.15) is 0 Å². The van der Waals surface area contributed by atoms with Crippen molar-refractivity contribution in [2.75, 3.05) is 0 Å². The molecule has 0 aliphatic heterocycles. The number of aromatic nitrogens is 3. The Labute approximate surface area is 281 Å². The Morgan fingerprint density at radius 2 is 1.36 bits per heavy atom. The van der Waals surface area contributed by atoms with Crippen LogP contribution in [0.2, 0.25) is 0 Å². The first-order valence-electron chi connectivity index (χ1n) is 16.1. The van der Waals surface area contributed by atoms with E-state index in [1.54, 1.807) is 17.8 Å². The molecule has 0 saturated carbocycles. The summed E-state index contributed by atoms with van der Waals surface area (Å²) in [7, 11) is 0. The zero-order valence-electron chi connectivity index (χ0n) is 27.7. The minimum atomic E-state index is -0.196. The van der Waals surface area contributed by atoms with Gasteiger partial charge in [-0.1, -0.05) is 108 Å². The summed E-state index contributed by atoms with van der Waals surface area (Å²) in [5.74, 6) is 0.217. The number of benzene rings is 4. The minimum absolute atomic E-state index is 0.0166. The van der Waals surface area contributed by atoms with Crippen LogP contribution >= 0.6 is 11.8 Å². The Bertz CT molecular complexity index is 2240. The fourth-order valence-electron chi connectivity index (χ4n) is 6.21. The number of hydrogen-bond donors (Lipinski definition) is 1. The first kappa shape index (κ1) is 30.8. The molecule has 0 bridgehead atoms. The molecule has 0 amide bonds. The standard InChI is InChI=1S/C42H39N3OS/c1-41(2,3)30-19-20-35-32(25-30)33-26-34(42(4,5)6)39(44-40(33)45(35)36-16-10-11-17-37(36)46)29-22-28(27-14-8-7-9-15-27)23-31(24-29)47-38-18-12-13-21-43-38/h7-26,46H,1-6H3. The van der Waals surface area contributed by atoms with Gasteiger partial charge in [0, 0.05) is 27.4 Å². The molecule has 47 heavy (non-hydrogen) atoms. The number of rotatable bonds is 5. The lowest BCUT2D eigenvalue weighted by molar-refractivity contribution is 0.473. The molecule has 4 nitrogen and oxygen atoms in total. The molecule has 0 unspecified atom stereocenters. The lowest BCUT2D eigenvalue weighted by Crippen LogP contribution is -2.14. The van der Waals surface area contributed by atoms with E-state index < -0.39 is 0 Å². The van der Waals surface area contributed by atoms with Crippen LogP contribution in [0.1, 0.15) is 52.7 Å². The van der Waals surface area contributed by atoms with E-state index in [2.05, 4.69) is 118 Å². The second-order valence-electron chi connectivity index (χ2n) is 14.2. The monoisotopic (exact) mass is 633 g/mol. The maximum absolute atomic E-state index is 11.1. The Balaban J connectivity index is 1.56. The van der Waals surface area contributed by atoms with Gasteiger partial charge in [-0.05, 0) is 93.7 Å². The average Bonchev–Trinajstić information content (AvgIpc) is 3.37. The molecular weight excluding hydrogens is 595 g/mol. The summed E-state index contributed by atoms with van der Waals surface area (Å²) in [6, 6.07) is 39.8. The third-order valence-corrected chi connectivity index (χ3v) is 9.61. The van der Waals surface area contributed by atoms with E-state index in [0.717, 1.165) is 54.2 Å². The average molecular weight is 634 g/mol. The molecule has 4 aromatic carbocycles. The lowest BCUT2D eigenvalue weighted by Gasteiger charge is -2.23. The molecule has 0 radical (unpaired) electrons. The van der Waals surface area contributed by atoms with Crippen molar-refractivity contribution < 1.29 is 5.11 Å².